The number of hydrogen-bond acceptors (Lipinski definition) is 3. The molecule has 0 aliphatic heterocycles. The van der Waals surface area contributed by atoms with Crippen LogP contribution in [0.1, 0.15) is 18.1 Å². The molecule has 0 radical (unpaired) electrons. The van der Waals surface area contributed by atoms with Crippen molar-refractivity contribution in [2.24, 2.45) is 5.41 Å². The van der Waals surface area contributed by atoms with Gasteiger partial charge in [0.2, 0.25) is 0 Å². The first-order chi connectivity index (χ1) is 7.50. The summed E-state index contributed by atoms with van der Waals surface area (Å²) in [5.74, 6) is 0. The maximum atomic E-state index is 9.19. The Morgan fingerprint density at radius 2 is 1.81 bits per heavy atom. The molecule has 0 aliphatic rings. The number of anilines is 1. The lowest BCUT2D eigenvalue weighted by Gasteiger charge is -2.26. The Morgan fingerprint density at radius 3 is 2.38 bits per heavy atom. The molecule has 0 fully saturated rings. The molecule has 0 atom stereocenters. The molecule has 3 nitrogen and oxygen atoms in total. The Kier molecular flexibility index (Phi) is 4.33. The summed E-state index contributed by atoms with van der Waals surface area (Å²) in [4.78, 5) is 0. The average Bonchev–Trinajstić information content (AvgIpc) is 2.30. The molecule has 0 heterocycles. The molecule has 3 N–H and O–H groups in total. The smallest absolute Gasteiger partial charge is 0.0523 e. The minimum absolute atomic E-state index is 0.0264. The number of benzene rings is 1. The van der Waals surface area contributed by atoms with Gasteiger partial charge in [-0.2, -0.15) is 0 Å². The number of aliphatic hydroxyl groups is 2. The van der Waals surface area contributed by atoms with Gasteiger partial charge in [0.15, 0.2) is 0 Å². The molecule has 3 heteroatoms. The van der Waals surface area contributed by atoms with Gasteiger partial charge in [-0.25, -0.2) is 0 Å². The van der Waals surface area contributed by atoms with Gasteiger partial charge in [0, 0.05) is 17.6 Å². The first kappa shape index (κ1) is 13.0. The summed E-state index contributed by atoms with van der Waals surface area (Å²) in [6.07, 6.45) is 0. The Bertz CT molecular complexity index is 346. The molecule has 1 rings (SSSR count). The lowest BCUT2D eigenvalue weighted by molar-refractivity contribution is 0.0806. The van der Waals surface area contributed by atoms with Crippen LogP contribution < -0.4 is 5.32 Å². The number of nitrogens with one attached hydrogen (secondary N) is 1. The first-order valence-corrected chi connectivity index (χ1v) is 5.53. The van der Waals surface area contributed by atoms with Crippen LogP contribution in [-0.4, -0.2) is 30.0 Å². The van der Waals surface area contributed by atoms with Gasteiger partial charge in [0.25, 0.3) is 0 Å². The van der Waals surface area contributed by atoms with E-state index in [-0.39, 0.29) is 13.2 Å². The molecule has 1 aromatic carbocycles. The fraction of sp³-hybridized carbons (Fsp3) is 0.538. The fourth-order valence-electron chi connectivity index (χ4n) is 1.40. The maximum Gasteiger partial charge on any atom is 0.0523 e. The number of hydrogen-bond donors (Lipinski definition) is 3. The van der Waals surface area contributed by atoms with E-state index in [1.807, 2.05) is 20.8 Å². The minimum Gasteiger partial charge on any atom is -0.396 e. The molecule has 0 aromatic heterocycles. The highest BCUT2D eigenvalue weighted by Crippen LogP contribution is 2.20. The van der Waals surface area contributed by atoms with Crippen LogP contribution in [0.25, 0.3) is 0 Å². The summed E-state index contributed by atoms with van der Waals surface area (Å²) < 4.78 is 0. The lowest BCUT2D eigenvalue weighted by atomic mass is 9.93. The zero-order valence-electron chi connectivity index (χ0n) is 10.2. The Labute approximate surface area is 97.1 Å². The molecular weight excluding hydrogens is 202 g/mol. The molecule has 0 amide bonds. The number of aryl methyl sites for hydroxylation is 2. The van der Waals surface area contributed by atoms with Gasteiger partial charge in [0.1, 0.15) is 0 Å². The van der Waals surface area contributed by atoms with Gasteiger partial charge in [-0.05, 0) is 31.0 Å². The monoisotopic (exact) mass is 223 g/mol. The second-order valence-corrected chi connectivity index (χ2v) is 4.80. The summed E-state index contributed by atoms with van der Waals surface area (Å²) >= 11 is 0. The van der Waals surface area contributed by atoms with Crippen LogP contribution in [0.5, 0.6) is 0 Å². The van der Waals surface area contributed by atoms with Crippen molar-refractivity contribution < 1.29 is 10.2 Å². The predicted octanol–water partition coefficient (Wildman–Crippen LogP) is 1.71. The van der Waals surface area contributed by atoms with E-state index in [2.05, 4.69) is 23.5 Å². The molecule has 0 aliphatic carbocycles. The van der Waals surface area contributed by atoms with Crippen LogP contribution in [0.15, 0.2) is 18.2 Å². The van der Waals surface area contributed by atoms with Crippen LogP contribution in [-0.2, 0) is 0 Å². The van der Waals surface area contributed by atoms with E-state index in [1.54, 1.807) is 0 Å². The standard InChI is InChI=1S/C13H21NO2/c1-10-4-5-11(2)12(6-10)14-7-13(3,8-15)9-16/h4-6,14-16H,7-9H2,1-3H3. The van der Waals surface area contributed by atoms with Gasteiger partial charge < -0.3 is 15.5 Å². The van der Waals surface area contributed by atoms with Gasteiger partial charge in [-0.3, -0.25) is 0 Å². The lowest BCUT2D eigenvalue weighted by Crippen LogP contribution is -2.34. The van der Waals surface area contributed by atoms with Crippen molar-refractivity contribution in [2.45, 2.75) is 20.8 Å². The molecular formula is C13H21NO2. The van der Waals surface area contributed by atoms with Gasteiger partial charge in [-0.15, -0.1) is 0 Å². The molecule has 0 saturated heterocycles. The predicted molar refractivity (Wildman–Crippen MR) is 66.7 cm³/mol. The minimum atomic E-state index is -0.476. The van der Waals surface area contributed by atoms with Gasteiger partial charge in [0.05, 0.1) is 13.2 Å². The second-order valence-electron chi connectivity index (χ2n) is 4.80. The van der Waals surface area contributed by atoms with Crippen molar-refractivity contribution in [2.75, 3.05) is 25.1 Å². The van der Waals surface area contributed by atoms with E-state index in [0.29, 0.717) is 6.54 Å². The molecule has 0 bridgehead atoms. The number of aliphatic hydroxyl groups excluding tert-OH is 2. The van der Waals surface area contributed by atoms with Crippen LogP contribution in [0.3, 0.4) is 0 Å². The van der Waals surface area contributed by atoms with Crippen molar-refractivity contribution in [1.82, 2.24) is 0 Å². The summed E-state index contributed by atoms with van der Waals surface area (Å²) in [6, 6.07) is 6.20. The third-order valence-corrected chi connectivity index (χ3v) is 2.86. The highest BCUT2D eigenvalue weighted by Gasteiger charge is 2.22. The zero-order valence-corrected chi connectivity index (χ0v) is 10.2. The number of rotatable bonds is 5. The molecule has 16 heavy (non-hydrogen) atoms. The summed E-state index contributed by atoms with van der Waals surface area (Å²) in [5, 5.41) is 21.7. The van der Waals surface area contributed by atoms with Crippen molar-refractivity contribution in [3.05, 3.63) is 29.3 Å². The summed E-state index contributed by atoms with van der Waals surface area (Å²) in [6.45, 7) is 6.44. The van der Waals surface area contributed by atoms with E-state index in [9.17, 15) is 10.2 Å². The van der Waals surface area contributed by atoms with Gasteiger partial charge in [-0.1, -0.05) is 19.1 Å². The third-order valence-electron chi connectivity index (χ3n) is 2.86. The molecule has 0 spiro atoms. The van der Waals surface area contributed by atoms with E-state index >= 15 is 0 Å². The Morgan fingerprint density at radius 1 is 1.19 bits per heavy atom. The molecule has 0 saturated carbocycles. The van der Waals surface area contributed by atoms with Crippen molar-refractivity contribution in [1.29, 1.82) is 0 Å². The van der Waals surface area contributed by atoms with Crippen molar-refractivity contribution in [3.63, 3.8) is 0 Å². The Hall–Kier alpha value is -1.06. The molecule has 90 valence electrons. The van der Waals surface area contributed by atoms with E-state index in [1.165, 1.54) is 11.1 Å². The Balaban J connectivity index is 2.70. The third kappa shape index (κ3) is 3.22. The van der Waals surface area contributed by atoms with Crippen LogP contribution >= 0.6 is 0 Å². The highest BCUT2D eigenvalue weighted by molar-refractivity contribution is 5.52. The normalized spacial score (nSPS) is 11.6. The maximum absolute atomic E-state index is 9.19. The topological polar surface area (TPSA) is 52.5 Å². The largest absolute Gasteiger partial charge is 0.396 e. The highest BCUT2D eigenvalue weighted by atomic mass is 16.3. The van der Waals surface area contributed by atoms with Crippen LogP contribution in [0, 0.1) is 19.3 Å². The SMILES string of the molecule is Cc1ccc(C)c(NCC(C)(CO)CO)c1. The van der Waals surface area contributed by atoms with Crippen molar-refractivity contribution >= 4 is 5.69 Å². The first-order valence-electron chi connectivity index (χ1n) is 5.53. The van der Waals surface area contributed by atoms with Crippen LogP contribution in [0.2, 0.25) is 0 Å². The zero-order chi connectivity index (χ0) is 12.2. The fourth-order valence-corrected chi connectivity index (χ4v) is 1.40. The average molecular weight is 223 g/mol. The summed E-state index contributed by atoms with van der Waals surface area (Å²) in [7, 11) is 0. The molecule has 0 unspecified atom stereocenters. The van der Waals surface area contributed by atoms with E-state index < -0.39 is 5.41 Å². The van der Waals surface area contributed by atoms with Crippen molar-refractivity contribution in [3.8, 4) is 0 Å². The quantitative estimate of drug-likeness (QED) is 0.712. The molecule has 1 aromatic rings. The van der Waals surface area contributed by atoms with E-state index in [4.69, 9.17) is 0 Å². The van der Waals surface area contributed by atoms with Gasteiger partial charge >= 0.3 is 0 Å². The van der Waals surface area contributed by atoms with E-state index in [0.717, 1.165) is 5.69 Å². The van der Waals surface area contributed by atoms with Crippen LogP contribution in [0.4, 0.5) is 5.69 Å². The second kappa shape index (κ2) is 5.32. The summed E-state index contributed by atoms with van der Waals surface area (Å²) in [5.41, 5.74) is 2.95.